The van der Waals surface area contributed by atoms with Gasteiger partial charge in [0.25, 0.3) is 5.91 Å². The minimum Gasteiger partial charge on any atom is -0.366 e. The fourth-order valence-corrected chi connectivity index (χ4v) is 3.47. The van der Waals surface area contributed by atoms with Crippen molar-refractivity contribution in [1.29, 1.82) is 0 Å². The van der Waals surface area contributed by atoms with Crippen LogP contribution in [-0.2, 0) is 4.74 Å². The van der Waals surface area contributed by atoms with Crippen molar-refractivity contribution in [2.45, 2.75) is 38.9 Å². The summed E-state index contributed by atoms with van der Waals surface area (Å²) in [6.07, 6.45) is 0. The molecule has 1 heterocycles. The van der Waals surface area contributed by atoms with Gasteiger partial charge in [-0.25, -0.2) is 4.39 Å². The van der Waals surface area contributed by atoms with E-state index in [-0.39, 0.29) is 22.9 Å². The lowest BCUT2D eigenvalue weighted by Gasteiger charge is -2.47. The van der Waals surface area contributed by atoms with Crippen molar-refractivity contribution in [3.8, 4) is 0 Å². The number of benzene rings is 1. The average molecular weight is 391 g/mol. The second kappa shape index (κ2) is 5.26. The number of hydrogen-bond donors (Lipinski definition) is 0. The molecule has 0 saturated carbocycles. The first-order valence-electron chi connectivity index (χ1n) is 6.54. The second-order valence-corrected chi connectivity index (χ2v) is 7.57. The first kappa shape index (κ1) is 15.7. The predicted molar refractivity (Wildman–Crippen MR) is 84.3 cm³/mol. The fourth-order valence-electron chi connectivity index (χ4n) is 2.76. The summed E-state index contributed by atoms with van der Waals surface area (Å²) in [5, 5.41) is 0. The Morgan fingerprint density at radius 2 is 1.80 bits per heavy atom. The van der Waals surface area contributed by atoms with Crippen molar-refractivity contribution >= 4 is 28.5 Å². The molecule has 1 aromatic rings. The van der Waals surface area contributed by atoms with Gasteiger partial charge in [0.05, 0.1) is 16.8 Å². The highest BCUT2D eigenvalue weighted by molar-refractivity contribution is 14.1. The van der Waals surface area contributed by atoms with Crippen LogP contribution in [0, 0.1) is 9.39 Å². The molecule has 1 aliphatic rings. The zero-order chi connectivity index (χ0) is 15.1. The van der Waals surface area contributed by atoms with Crippen molar-refractivity contribution in [2.24, 2.45) is 0 Å². The van der Waals surface area contributed by atoms with Crippen molar-refractivity contribution in [3.05, 3.63) is 33.1 Å². The molecule has 1 fully saturated rings. The third kappa shape index (κ3) is 3.49. The molecular weight excluding hydrogens is 372 g/mol. The van der Waals surface area contributed by atoms with E-state index in [1.807, 2.05) is 50.3 Å². The molecule has 3 nitrogen and oxygen atoms in total. The molecule has 110 valence electrons. The van der Waals surface area contributed by atoms with Crippen LogP contribution in [0.1, 0.15) is 38.1 Å². The van der Waals surface area contributed by atoms with Gasteiger partial charge in [-0.15, -0.1) is 0 Å². The summed E-state index contributed by atoms with van der Waals surface area (Å²) < 4.78 is 19.8. The molecule has 0 bridgehead atoms. The van der Waals surface area contributed by atoms with Gasteiger partial charge in [0, 0.05) is 16.7 Å². The van der Waals surface area contributed by atoms with Gasteiger partial charge in [0.15, 0.2) is 0 Å². The first-order valence-corrected chi connectivity index (χ1v) is 7.62. The van der Waals surface area contributed by atoms with Crippen LogP contribution in [0.3, 0.4) is 0 Å². The predicted octanol–water partition coefficient (Wildman–Crippen LogP) is 3.46. The van der Waals surface area contributed by atoms with Gasteiger partial charge in [-0.1, -0.05) is 0 Å². The normalized spacial score (nSPS) is 20.8. The number of amides is 1. The van der Waals surface area contributed by atoms with Gasteiger partial charge >= 0.3 is 0 Å². The number of ether oxygens (including phenoxy) is 1. The van der Waals surface area contributed by atoms with E-state index < -0.39 is 0 Å². The number of hydrogen-bond acceptors (Lipinski definition) is 2. The maximum absolute atomic E-state index is 13.1. The molecule has 0 aromatic heterocycles. The smallest absolute Gasteiger partial charge is 0.255 e. The standard InChI is InChI=1S/C15H19FINO2/c1-14(2)8-18(9-15(3,4)20-14)13(19)11-6-5-10(16)7-12(11)17/h5-7H,8-9H2,1-4H3. The van der Waals surface area contributed by atoms with Crippen LogP contribution < -0.4 is 0 Å². The quantitative estimate of drug-likeness (QED) is 0.687. The third-order valence-corrected chi connectivity index (χ3v) is 4.04. The summed E-state index contributed by atoms with van der Waals surface area (Å²) >= 11 is 2.00. The minimum atomic E-state index is -0.386. The lowest BCUT2D eigenvalue weighted by molar-refractivity contribution is -0.171. The van der Waals surface area contributed by atoms with Crippen molar-refractivity contribution in [1.82, 2.24) is 4.90 Å². The van der Waals surface area contributed by atoms with E-state index in [0.717, 1.165) is 0 Å². The molecule has 1 amide bonds. The van der Waals surface area contributed by atoms with Gasteiger partial charge in [0.1, 0.15) is 5.82 Å². The monoisotopic (exact) mass is 391 g/mol. The van der Waals surface area contributed by atoms with E-state index in [1.165, 1.54) is 12.1 Å². The van der Waals surface area contributed by atoms with Crippen LogP contribution in [-0.4, -0.2) is 35.1 Å². The molecule has 0 spiro atoms. The van der Waals surface area contributed by atoms with Crippen LogP contribution in [0.4, 0.5) is 4.39 Å². The van der Waals surface area contributed by atoms with Gasteiger partial charge in [-0.05, 0) is 68.5 Å². The number of nitrogens with zero attached hydrogens (tertiary/aromatic N) is 1. The summed E-state index contributed by atoms with van der Waals surface area (Å²) in [4.78, 5) is 14.4. The van der Waals surface area contributed by atoms with E-state index in [9.17, 15) is 9.18 Å². The molecule has 0 aliphatic carbocycles. The molecule has 0 N–H and O–H groups in total. The van der Waals surface area contributed by atoms with Gasteiger partial charge in [0.2, 0.25) is 0 Å². The Labute approximate surface area is 132 Å². The van der Waals surface area contributed by atoms with Crippen molar-refractivity contribution in [2.75, 3.05) is 13.1 Å². The molecule has 1 aromatic carbocycles. The van der Waals surface area contributed by atoms with E-state index >= 15 is 0 Å². The Balaban J connectivity index is 2.28. The Morgan fingerprint density at radius 3 is 2.30 bits per heavy atom. The molecule has 0 atom stereocenters. The van der Waals surface area contributed by atoms with E-state index in [0.29, 0.717) is 22.2 Å². The Morgan fingerprint density at radius 1 is 1.25 bits per heavy atom. The van der Waals surface area contributed by atoms with Gasteiger partial charge in [-0.2, -0.15) is 0 Å². The zero-order valence-electron chi connectivity index (χ0n) is 12.2. The Hall–Kier alpha value is -0.690. The van der Waals surface area contributed by atoms with Crippen LogP contribution in [0.15, 0.2) is 18.2 Å². The maximum Gasteiger partial charge on any atom is 0.255 e. The number of halogens is 2. The van der Waals surface area contributed by atoms with Crippen LogP contribution in [0.5, 0.6) is 0 Å². The maximum atomic E-state index is 13.1. The highest BCUT2D eigenvalue weighted by atomic mass is 127. The highest BCUT2D eigenvalue weighted by Crippen LogP contribution is 2.29. The number of morpholine rings is 1. The lowest BCUT2D eigenvalue weighted by Crippen LogP contribution is -2.58. The second-order valence-electron chi connectivity index (χ2n) is 6.41. The molecule has 1 aliphatic heterocycles. The summed E-state index contributed by atoms with van der Waals surface area (Å²) in [6.45, 7) is 8.96. The summed E-state index contributed by atoms with van der Waals surface area (Å²) in [6, 6.07) is 4.26. The molecule has 20 heavy (non-hydrogen) atoms. The third-order valence-electron chi connectivity index (χ3n) is 3.14. The largest absolute Gasteiger partial charge is 0.366 e. The van der Waals surface area contributed by atoms with E-state index in [1.54, 1.807) is 11.0 Å². The minimum absolute atomic E-state index is 0.0705. The molecule has 2 rings (SSSR count). The van der Waals surface area contributed by atoms with Crippen molar-refractivity contribution in [3.63, 3.8) is 0 Å². The molecular formula is C15H19FINO2. The van der Waals surface area contributed by atoms with Crippen LogP contribution in [0.2, 0.25) is 0 Å². The summed E-state index contributed by atoms with van der Waals surface area (Å²) in [7, 11) is 0. The summed E-state index contributed by atoms with van der Waals surface area (Å²) in [5.41, 5.74) is -0.230. The molecule has 1 saturated heterocycles. The number of rotatable bonds is 1. The lowest BCUT2D eigenvalue weighted by atomic mass is 9.98. The molecule has 0 radical (unpaired) electrons. The van der Waals surface area contributed by atoms with Crippen LogP contribution >= 0.6 is 22.6 Å². The first-order chi connectivity index (χ1) is 9.10. The van der Waals surface area contributed by atoms with Crippen LogP contribution in [0.25, 0.3) is 0 Å². The number of carbonyl (C=O) groups is 1. The zero-order valence-corrected chi connectivity index (χ0v) is 14.3. The fraction of sp³-hybridized carbons (Fsp3) is 0.533. The summed E-state index contributed by atoms with van der Waals surface area (Å²) in [5.74, 6) is -0.396. The SMILES string of the molecule is CC1(C)CN(C(=O)c2ccc(F)cc2I)CC(C)(C)O1. The van der Waals surface area contributed by atoms with Gasteiger partial charge in [-0.3, -0.25) is 4.79 Å². The molecule has 0 unspecified atom stereocenters. The highest BCUT2D eigenvalue weighted by Gasteiger charge is 2.40. The topological polar surface area (TPSA) is 29.5 Å². The van der Waals surface area contributed by atoms with E-state index in [2.05, 4.69) is 0 Å². The number of carbonyl (C=O) groups excluding carboxylic acids is 1. The Kier molecular flexibility index (Phi) is 4.12. The Bertz CT molecular complexity index is 527. The van der Waals surface area contributed by atoms with Crippen molar-refractivity contribution < 1.29 is 13.9 Å². The molecule has 5 heteroatoms. The van der Waals surface area contributed by atoms with E-state index in [4.69, 9.17) is 4.74 Å². The average Bonchev–Trinajstić information content (AvgIpc) is 2.23. The van der Waals surface area contributed by atoms with Gasteiger partial charge < -0.3 is 9.64 Å².